The average Bonchev–Trinajstić information content (AvgIpc) is 3.77. The number of fused-ring (bicyclic) bond motifs is 11. The molecule has 10 aliphatic rings. The molecule has 8 saturated heterocycles. The molecule has 2 spiro atoms. The molecule has 278 valence electrons. The first-order valence-corrected chi connectivity index (χ1v) is 21.6. The van der Waals surface area contributed by atoms with Crippen molar-refractivity contribution in [2.45, 2.75) is 94.8 Å². The van der Waals surface area contributed by atoms with Crippen molar-refractivity contribution in [2.75, 3.05) is 19.4 Å². The van der Waals surface area contributed by atoms with E-state index in [0.29, 0.717) is 17.7 Å². The van der Waals surface area contributed by atoms with E-state index >= 15 is 18.4 Å². The Morgan fingerprint density at radius 3 is 2.09 bits per heavy atom. The molecule has 2 aromatic rings. The van der Waals surface area contributed by atoms with E-state index in [1.807, 2.05) is 0 Å². The highest BCUT2D eigenvalue weighted by molar-refractivity contribution is 8.78. The Morgan fingerprint density at radius 2 is 1.43 bits per heavy atom. The van der Waals surface area contributed by atoms with Gasteiger partial charge in [-0.15, -0.1) is 0 Å². The molecule has 9 heterocycles. The number of ether oxygens (including phenoxy) is 1. The number of benzene rings is 2. The SMILES string of the molecule is CCCC(=O)O[C@H]1[C@]2([C@@]34c5cc(F)ccc5C[C@@H]3N3C(=O)[C@]5(C)SS[C@]3(C(=O)N5C)[C@H]4O)c3cc(F)ccc3N[C@@H]2N2C(=O)[C@]3(C)SS[C@]12C(=O)N3C. The standard InChI is InChI=1S/C35H33F2N5O7S4/c1-6-7-22(43)49-24-33(19-14-17(37)10-11-20(19)38-25(33)42-27(46)31(3)40(5)29(48)35(24,42)53-51-31)32-18-13-16(36)9-8-15(18)12-21(32)41-26(45)30(2)39(4)28(47)34(41,23(32)44)52-50-30/h8-11,13-14,21,23-25,38,44H,6-7,12H2,1-5H3/t21-,23-,24-,25+,30-,31-,32-,33+,34-,35-/m0/s1. The highest BCUT2D eigenvalue weighted by Crippen LogP contribution is 2.79. The van der Waals surface area contributed by atoms with Gasteiger partial charge in [-0.05, 0) is 95.3 Å². The number of amides is 4. The molecule has 0 saturated carbocycles. The molecule has 2 aromatic carbocycles. The second-order valence-electron chi connectivity index (χ2n) is 15.3. The summed E-state index contributed by atoms with van der Waals surface area (Å²) in [5, 5.41) is 17.0. The minimum Gasteiger partial charge on any atom is -0.457 e. The lowest BCUT2D eigenvalue weighted by Gasteiger charge is -2.58. The van der Waals surface area contributed by atoms with Crippen LogP contribution in [0.15, 0.2) is 36.4 Å². The molecule has 9 aliphatic heterocycles. The third-order valence-electron chi connectivity index (χ3n) is 13.2. The summed E-state index contributed by atoms with van der Waals surface area (Å²) in [6, 6.07) is 6.94. The number of esters is 1. The number of likely N-dealkylation sites (N-methyl/N-ethyl adjacent to an activating group) is 2. The van der Waals surface area contributed by atoms with Gasteiger partial charge in [-0.2, -0.15) is 0 Å². The number of hydrogen-bond donors (Lipinski definition) is 2. The quantitative estimate of drug-likeness (QED) is 0.347. The van der Waals surface area contributed by atoms with Gasteiger partial charge in [0.05, 0.1) is 16.9 Å². The van der Waals surface area contributed by atoms with E-state index in [9.17, 15) is 19.5 Å². The van der Waals surface area contributed by atoms with Crippen LogP contribution in [-0.4, -0.2) is 112 Å². The van der Waals surface area contributed by atoms with Crippen LogP contribution in [0, 0.1) is 11.6 Å². The zero-order chi connectivity index (χ0) is 37.6. The Bertz CT molecular complexity index is 2170. The molecule has 8 fully saturated rings. The van der Waals surface area contributed by atoms with Crippen molar-refractivity contribution >= 4 is 78.5 Å². The fourth-order valence-corrected chi connectivity index (χ4v) is 18.0. The van der Waals surface area contributed by atoms with Crippen LogP contribution in [-0.2, 0) is 46.0 Å². The van der Waals surface area contributed by atoms with Crippen LogP contribution in [0.25, 0.3) is 0 Å². The summed E-state index contributed by atoms with van der Waals surface area (Å²) < 4.78 is 38.4. The topological polar surface area (TPSA) is 140 Å². The van der Waals surface area contributed by atoms with Gasteiger partial charge in [0.2, 0.25) is 9.74 Å². The molecule has 12 rings (SSSR count). The Morgan fingerprint density at radius 1 is 0.849 bits per heavy atom. The Kier molecular flexibility index (Phi) is 6.58. The average molecular weight is 802 g/mol. The van der Waals surface area contributed by atoms with Crippen LogP contribution in [0.5, 0.6) is 0 Å². The predicted molar refractivity (Wildman–Crippen MR) is 194 cm³/mol. The van der Waals surface area contributed by atoms with E-state index in [1.54, 1.807) is 26.8 Å². The summed E-state index contributed by atoms with van der Waals surface area (Å²) >= 11 is 0. The molecule has 0 radical (unpaired) electrons. The minimum absolute atomic E-state index is 0.0433. The van der Waals surface area contributed by atoms with Gasteiger partial charge in [-0.25, -0.2) is 8.78 Å². The van der Waals surface area contributed by atoms with Gasteiger partial charge < -0.3 is 29.9 Å². The number of halogens is 2. The number of aliphatic hydroxyl groups excluding tert-OH is 1. The Labute approximate surface area is 318 Å². The number of rotatable bonds is 4. The lowest BCUT2D eigenvalue weighted by Crippen LogP contribution is -2.77. The van der Waals surface area contributed by atoms with Crippen LogP contribution in [0.3, 0.4) is 0 Å². The summed E-state index contributed by atoms with van der Waals surface area (Å²) in [4.78, 5) is 72.6. The van der Waals surface area contributed by atoms with Gasteiger partial charge in [-0.3, -0.25) is 28.9 Å². The van der Waals surface area contributed by atoms with Gasteiger partial charge in [0.15, 0.2) is 15.8 Å². The summed E-state index contributed by atoms with van der Waals surface area (Å²) in [6.45, 7) is 5.04. The van der Waals surface area contributed by atoms with Crippen LogP contribution in [0.4, 0.5) is 14.5 Å². The second-order valence-corrected chi connectivity index (χ2v) is 20.8. The molecular weight excluding hydrogens is 769 g/mol. The molecule has 4 amide bonds. The van der Waals surface area contributed by atoms with Crippen LogP contribution in [0.1, 0.15) is 50.3 Å². The molecule has 10 atom stereocenters. The Hall–Kier alpha value is -3.19. The van der Waals surface area contributed by atoms with Gasteiger partial charge in [0.1, 0.15) is 23.9 Å². The third-order valence-corrected chi connectivity index (χ3v) is 20.6. The lowest BCUT2D eigenvalue weighted by atomic mass is 9.51. The van der Waals surface area contributed by atoms with Crippen LogP contribution in [0.2, 0.25) is 0 Å². The normalized spacial score (nSPS) is 42.4. The number of piperazine rings is 2. The first-order chi connectivity index (χ1) is 25.1. The molecule has 0 aromatic heterocycles. The van der Waals surface area contributed by atoms with Crippen molar-refractivity contribution < 1.29 is 42.6 Å². The number of hydrogen-bond acceptors (Lipinski definition) is 12. The molecule has 4 bridgehead atoms. The molecule has 12 nitrogen and oxygen atoms in total. The molecular formula is C35H33F2N5O7S4. The van der Waals surface area contributed by atoms with Gasteiger partial charge in [0, 0.05) is 26.2 Å². The van der Waals surface area contributed by atoms with Gasteiger partial charge in [-0.1, -0.05) is 34.6 Å². The largest absolute Gasteiger partial charge is 0.457 e. The molecule has 18 heteroatoms. The van der Waals surface area contributed by atoms with Crippen LogP contribution < -0.4 is 5.32 Å². The monoisotopic (exact) mass is 801 g/mol. The van der Waals surface area contributed by atoms with E-state index in [2.05, 4.69) is 5.32 Å². The fraction of sp³-hybridized carbons (Fsp3) is 0.514. The van der Waals surface area contributed by atoms with Crippen LogP contribution >= 0.6 is 43.2 Å². The predicted octanol–water partition coefficient (Wildman–Crippen LogP) is 3.13. The van der Waals surface area contributed by atoms with E-state index in [4.69, 9.17) is 4.74 Å². The summed E-state index contributed by atoms with van der Waals surface area (Å²) in [5.41, 5.74) is -2.70. The molecule has 2 N–H and O–H groups in total. The molecule has 53 heavy (non-hydrogen) atoms. The van der Waals surface area contributed by atoms with E-state index in [1.165, 1.54) is 64.0 Å². The maximum Gasteiger partial charge on any atom is 0.306 e. The van der Waals surface area contributed by atoms with Crippen molar-refractivity contribution in [3.63, 3.8) is 0 Å². The number of nitrogens with zero attached hydrogens (tertiary/aromatic N) is 4. The van der Waals surface area contributed by atoms with Crippen molar-refractivity contribution in [2.24, 2.45) is 0 Å². The maximum absolute atomic E-state index is 15.9. The maximum atomic E-state index is 15.9. The number of carbonyl (C=O) groups excluding carboxylic acids is 5. The third kappa shape index (κ3) is 3.27. The zero-order valence-corrected chi connectivity index (χ0v) is 32.2. The number of nitrogens with one attached hydrogen (secondary N) is 1. The number of anilines is 1. The number of carbonyl (C=O) groups is 5. The summed E-state index contributed by atoms with van der Waals surface area (Å²) in [7, 11) is 7.38. The highest BCUT2D eigenvalue weighted by atomic mass is 33.1. The van der Waals surface area contributed by atoms with E-state index in [-0.39, 0.29) is 24.0 Å². The van der Waals surface area contributed by atoms with Gasteiger partial charge in [0.25, 0.3) is 23.6 Å². The van der Waals surface area contributed by atoms with E-state index in [0.717, 1.165) is 43.2 Å². The van der Waals surface area contributed by atoms with Gasteiger partial charge >= 0.3 is 5.97 Å². The second kappa shape index (κ2) is 10.2. The van der Waals surface area contributed by atoms with Crippen molar-refractivity contribution in [1.29, 1.82) is 0 Å². The first kappa shape index (κ1) is 34.3. The molecule has 1 aliphatic carbocycles. The zero-order valence-electron chi connectivity index (χ0n) is 29.0. The van der Waals surface area contributed by atoms with Crippen molar-refractivity contribution in [3.8, 4) is 0 Å². The lowest BCUT2D eigenvalue weighted by molar-refractivity contribution is -0.172. The smallest absolute Gasteiger partial charge is 0.306 e. The highest BCUT2D eigenvalue weighted by Gasteiger charge is 2.93. The summed E-state index contributed by atoms with van der Waals surface area (Å²) in [5.74, 6) is -4.14. The summed E-state index contributed by atoms with van der Waals surface area (Å²) in [6.07, 6.45) is -4.47. The first-order valence-electron chi connectivity index (χ1n) is 17.3. The fourth-order valence-electron chi connectivity index (χ4n) is 10.8. The van der Waals surface area contributed by atoms with E-state index < -0.39 is 96.0 Å². The molecule has 0 unspecified atom stereocenters. The Balaban J connectivity index is 1.39. The number of aliphatic hydroxyl groups is 1. The van der Waals surface area contributed by atoms with Crippen molar-refractivity contribution in [1.82, 2.24) is 19.6 Å². The van der Waals surface area contributed by atoms with Crippen molar-refractivity contribution in [3.05, 3.63) is 64.7 Å². The minimum atomic E-state index is -2.00.